The second-order valence-corrected chi connectivity index (χ2v) is 4.97. The van der Waals surface area contributed by atoms with Gasteiger partial charge in [0.05, 0.1) is 17.9 Å². The van der Waals surface area contributed by atoms with E-state index in [9.17, 15) is 0 Å². The molecule has 0 radical (unpaired) electrons. The molecule has 3 rings (SSSR count). The van der Waals surface area contributed by atoms with Crippen LogP contribution in [0.1, 0.15) is 36.0 Å². The number of imidazole rings is 1. The maximum Gasteiger partial charge on any atom is 0.203 e. The molecule has 2 aromatic rings. The Bertz CT molecular complexity index is 555. The Kier molecular flexibility index (Phi) is 2.78. The standard InChI is InChI=1S/C14H18N4/c1-10-4-3-5-12(16-10)8-15-14-17-11(2)9-18(14)13-6-7-13/h3-5,9,13H,6-8H2,1-2H3,(H,15,17). The van der Waals surface area contributed by atoms with Crippen LogP contribution in [0.4, 0.5) is 5.95 Å². The van der Waals surface area contributed by atoms with Gasteiger partial charge in [-0.3, -0.25) is 4.98 Å². The number of rotatable bonds is 4. The van der Waals surface area contributed by atoms with E-state index in [0.717, 1.165) is 29.6 Å². The summed E-state index contributed by atoms with van der Waals surface area (Å²) in [6.07, 6.45) is 4.67. The van der Waals surface area contributed by atoms with Crippen LogP contribution in [0.5, 0.6) is 0 Å². The van der Waals surface area contributed by atoms with Crippen LogP contribution in [0.2, 0.25) is 0 Å². The molecule has 0 saturated heterocycles. The molecular formula is C14H18N4. The number of hydrogen-bond donors (Lipinski definition) is 1. The van der Waals surface area contributed by atoms with Crippen molar-refractivity contribution < 1.29 is 0 Å². The molecule has 0 unspecified atom stereocenters. The highest BCUT2D eigenvalue weighted by atomic mass is 15.2. The summed E-state index contributed by atoms with van der Waals surface area (Å²) in [5.41, 5.74) is 3.18. The number of hydrogen-bond acceptors (Lipinski definition) is 3. The Morgan fingerprint density at radius 2 is 2.06 bits per heavy atom. The summed E-state index contributed by atoms with van der Waals surface area (Å²) in [5.74, 6) is 0.971. The molecule has 1 N–H and O–H groups in total. The van der Waals surface area contributed by atoms with Gasteiger partial charge in [0.25, 0.3) is 0 Å². The first kappa shape index (κ1) is 11.3. The molecule has 0 spiro atoms. The molecule has 1 saturated carbocycles. The lowest BCUT2D eigenvalue weighted by Crippen LogP contribution is -2.07. The molecule has 2 aromatic heterocycles. The monoisotopic (exact) mass is 242 g/mol. The van der Waals surface area contributed by atoms with Crippen molar-refractivity contribution in [1.29, 1.82) is 0 Å². The van der Waals surface area contributed by atoms with E-state index in [1.54, 1.807) is 0 Å². The summed E-state index contributed by atoms with van der Waals surface area (Å²) in [4.78, 5) is 9.02. The van der Waals surface area contributed by atoms with Gasteiger partial charge in [0.1, 0.15) is 0 Å². The topological polar surface area (TPSA) is 42.7 Å². The van der Waals surface area contributed by atoms with Gasteiger partial charge in [-0.25, -0.2) is 4.98 Å². The van der Waals surface area contributed by atoms with Gasteiger partial charge in [-0.05, 0) is 38.8 Å². The first-order valence-electron chi connectivity index (χ1n) is 6.44. The lowest BCUT2D eigenvalue weighted by atomic mass is 10.3. The van der Waals surface area contributed by atoms with Crippen molar-refractivity contribution in [2.45, 2.75) is 39.3 Å². The number of pyridine rings is 1. The van der Waals surface area contributed by atoms with Crippen molar-refractivity contribution >= 4 is 5.95 Å². The molecule has 0 aromatic carbocycles. The van der Waals surface area contributed by atoms with Crippen LogP contribution in [-0.4, -0.2) is 14.5 Å². The first-order valence-corrected chi connectivity index (χ1v) is 6.44. The predicted molar refractivity (Wildman–Crippen MR) is 71.5 cm³/mol. The molecule has 94 valence electrons. The average Bonchev–Trinajstić information content (AvgIpc) is 3.11. The van der Waals surface area contributed by atoms with E-state index >= 15 is 0 Å². The van der Waals surface area contributed by atoms with Gasteiger partial charge in [-0.2, -0.15) is 0 Å². The molecule has 4 nitrogen and oxygen atoms in total. The van der Waals surface area contributed by atoms with Gasteiger partial charge in [-0.1, -0.05) is 6.07 Å². The van der Waals surface area contributed by atoms with Gasteiger partial charge < -0.3 is 9.88 Å². The van der Waals surface area contributed by atoms with Crippen LogP contribution in [0.3, 0.4) is 0 Å². The van der Waals surface area contributed by atoms with Gasteiger partial charge in [0.15, 0.2) is 0 Å². The third-order valence-electron chi connectivity index (χ3n) is 3.17. The SMILES string of the molecule is Cc1cccc(CNc2nc(C)cn2C2CC2)n1. The third-order valence-corrected chi connectivity index (χ3v) is 3.17. The molecule has 0 aliphatic heterocycles. The molecule has 18 heavy (non-hydrogen) atoms. The van der Waals surface area contributed by atoms with E-state index in [1.165, 1.54) is 12.8 Å². The Morgan fingerprint density at radius 3 is 2.78 bits per heavy atom. The lowest BCUT2D eigenvalue weighted by molar-refractivity contribution is 0.741. The second-order valence-electron chi connectivity index (χ2n) is 4.97. The van der Waals surface area contributed by atoms with E-state index in [2.05, 4.69) is 26.0 Å². The minimum absolute atomic E-state index is 0.652. The zero-order valence-corrected chi connectivity index (χ0v) is 10.8. The highest BCUT2D eigenvalue weighted by Crippen LogP contribution is 2.37. The Hall–Kier alpha value is -1.84. The van der Waals surface area contributed by atoms with Crippen molar-refractivity contribution in [2.75, 3.05) is 5.32 Å². The zero-order chi connectivity index (χ0) is 12.5. The predicted octanol–water partition coefficient (Wildman–Crippen LogP) is 2.84. The fourth-order valence-electron chi connectivity index (χ4n) is 2.15. The number of anilines is 1. The van der Waals surface area contributed by atoms with E-state index in [1.807, 2.05) is 32.0 Å². The number of nitrogens with one attached hydrogen (secondary N) is 1. The van der Waals surface area contributed by atoms with Crippen molar-refractivity contribution in [3.05, 3.63) is 41.5 Å². The summed E-state index contributed by atoms with van der Waals surface area (Å²) >= 11 is 0. The van der Waals surface area contributed by atoms with Crippen molar-refractivity contribution in [3.63, 3.8) is 0 Å². The minimum atomic E-state index is 0.652. The molecule has 0 atom stereocenters. The Labute approximate surface area is 107 Å². The highest BCUT2D eigenvalue weighted by Gasteiger charge is 2.26. The summed E-state index contributed by atoms with van der Waals surface area (Å²) in [6.45, 7) is 4.78. The van der Waals surface area contributed by atoms with E-state index in [-0.39, 0.29) is 0 Å². The molecule has 1 fully saturated rings. The maximum atomic E-state index is 4.53. The summed E-state index contributed by atoms with van der Waals surface area (Å²) in [5, 5.41) is 3.39. The summed E-state index contributed by atoms with van der Waals surface area (Å²) in [6, 6.07) is 6.74. The number of nitrogens with zero attached hydrogens (tertiary/aromatic N) is 3. The Balaban J connectivity index is 1.73. The molecule has 0 amide bonds. The first-order chi connectivity index (χ1) is 8.72. The molecule has 4 heteroatoms. The number of aryl methyl sites for hydroxylation is 2. The zero-order valence-electron chi connectivity index (χ0n) is 10.8. The maximum absolute atomic E-state index is 4.53. The smallest absolute Gasteiger partial charge is 0.203 e. The molecule has 2 heterocycles. The second kappa shape index (κ2) is 4.44. The van der Waals surface area contributed by atoms with Gasteiger partial charge >= 0.3 is 0 Å². The molecular weight excluding hydrogens is 224 g/mol. The van der Waals surface area contributed by atoms with Crippen LogP contribution in [0.15, 0.2) is 24.4 Å². The van der Waals surface area contributed by atoms with Crippen LogP contribution >= 0.6 is 0 Å². The summed E-state index contributed by atoms with van der Waals surface area (Å²) in [7, 11) is 0. The third kappa shape index (κ3) is 2.37. The molecule has 1 aliphatic rings. The van der Waals surface area contributed by atoms with Crippen molar-refractivity contribution in [3.8, 4) is 0 Å². The normalized spacial score (nSPS) is 14.8. The van der Waals surface area contributed by atoms with Crippen LogP contribution < -0.4 is 5.32 Å². The highest BCUT2D eigenvalue weighted by molar-refractivity contribution is 5.31. The minimum Gasteiger partial charge on any atom is -0.350 e. The number of aromatic nitrogens is 3. The van der Waals surface area contributed by atoms with E-state index in [0.29, 0.717) is 6.04 Å². The van der Waals surface area contributed by atoms with Crippen LogP contribution in [0, 0.1) is 13.8 Å². The van der Waals surface area contributed by atoms with Gasteiger partial charge in [0, 0.05) is 17.9 Å². The van der Waals surface area contributed by atoms with E-state index in [4.69, 9.17) is 0 Å². The molecule has 1 aliphatic carbocycles. The van der Waals surface area contributed by atoms with Crippen LogP contribution in [-0.2, 0) is 6.54 Å². The largest absolute Gasteiger partial charge is 0.350 e. The quantitative estimate of drug-likeness (QED) is 0.896. The van der Waals surface area contributed by atoms with Gasteiger partial charge in [0.2, 0.25) is 5.95 Å². The van der Waals surface area contributed by atoms with Crippen molar-refractivity contribution in [2.24, 2.45) is 0 Å². The average molecular weight is 242 g/mol. The fourth-order valence-corrected chi connectivity index (χ4v) is 2.15. The van der Waals surface area contributed by atoms with E-state index < -0.39 is 0 Å². The van der Waals surface area contributed by atoms with Gasteiger partial charge in [-0.15, -0.1) is 0 Å². The Morgan fingerprint density at radius 1 is 1.22 bits per heavy atom. The summed E-state index contributed by atoms with van der Waals surface area (Å²) < 4.78 is 2.26. The van der Waals surface area contributed by atoms with Crippen molar-refractivity contribution in [1.82, 2.24) is 14.5 Å². The van der Waals surface area contributed by atoms with Crippen LogP contribution in [0.25, 0.3) is 0 Å². The fraction of sp³-hybridized carbons (Fsp3) is 0.429. The lowest BCUT2D eigenvalue weighted by Gasteiger charge is -2.08. The molecule has 0 bridgehead atoms.